The van der Waals surface area contributed by atoms with Gasteiger partial charge in [0.15, 0.2) is 17.1 Å². The highest BCUT2D eigenvalue weighted by Gasteiger charge is 2.25. The Labute approximate surface area is 155 Å². The molecule has 1 fully saturated rings. The van der Waals surface area contributed by atoms with Crippen LogP contribution in [0.4, 0.5) is 0 Å². The third-order valence-electron chi connectivity index (χ3n) is 4.84. The van der Waals surface area contributed by atoms with Gasteiger partial charge in [-0.1, -0.05) is 6.92 Å². The lowest BCUT2D eigenvalue weighted by Crippen LogP contribution is -2.48. The van der Waals surface area contributed by atoms with Crippen LogP contribution < -0.4 is 16.4 Å². The van der Waals surface area contributed by atoms with Gasteiger partial charge in [-0.2, -0.15) is 0 Å². The van der Waals surface area contributed by atoms with Gasteiger partial charge in [0.25, 0.3) is 11.8 Å². The molecule has 2 amide bonds. The molecule has 9 heteroatoms. The number of amides is 2. The number of carbonyl (C=O) groups excluding carboxylic acids is 2. The zero-order valence-electron chi connectivity index (χ0n) is 14.8. The quantitative estimate of drug-likeness (QED) is 0.625. The summed E-state index contributed by atoms with van der Waals surface area (Å²) in [4.78, 5) is 33.2. The van der Waals surface area contributed by atoms with Crippen molar-refractivity contribution in [2.45, 2.75) is 19.4 Å². The summed E-state index contributed by atoms with van der Waals surface area (Å²) in [7, 11) is 0. The average molecular weight is 368 g/mol. The molecular weight excluding hydrogens is 348 g/mol. The van der Waals surface area contributed by atoms with Gasteiger partial charge in [-0.25, -0.2) is 9.97 Å². The van der Waals surface area contributed by atoms with Crippen LogP contribution in [0.1, 0.15) is 34.3 Å². The van der Waals surface area contributed by atoms with Gasteiger partial charge in [0.05, 0.1) is 6.26 Å². The van der Waals surface area contributed by atoms with Crippen LogP contribution in [0.15, 0.2) is 35.2 Å². The lowest BCUT2D eigenvalue weighted by molar-refractivity contribution is 0.0906. The van der Waals surface area contributed by atoms with Gasteiger partial charge in [-0.05, 0) is 43.6 Å². The first kappa shape index (κ1) is 17.2. The van der Waals surface area contributed by atoms with Gasteiger partial charge >= 0.3 is 0 Å². The number of nitrogens with zero attached hydrogens (tertiary/aromatic N) is 3. The molecule has 1 aliphatic rings. The van der Waals surface area contributed by atoms with Crippen LogP contribution in [-0.4, -0.2) is 45.3 Å². The summed E-state index contributed by atoms with van der Waals surface area (Å²) < 4.78 is 6.88. The highest BCUT2D eigenvalue weighted by atomic mass is 16.3. The smallest absolute Gasteiger partial charge is 0.271 e. The Kier molecular flexibility index (Phi) is 4.36. The first-order chi connectivity index (χ1) is 13.0. The maximum atomic E-state index is 13.0. The van der Waals surface area contributed by atoms with Crippen LogP contribution in [0, 0.1) is 5.92 Å². The summed E-state index contributed by atoms with van der Waals surface area (Å²) in [6.07, 6.45) is 3.75. The molecule has 2 atom stereocenters. The Balaban J connectivity index is 1.78. The predicted molar refractivity (Wildman–Crippen MR) is 97.1 cm³/mol. The Morgan fingerprint density at radius 2 is 2.30 bits per heavy atom. The van der Waals surface area contributed by atoms with E-state index in [2.05, 4.69) is 27.5 Å². The van der Waals surface area contributed by atoms with Gasteiger partial charge in [0.1, 0.15) is 17.7 Å². The van der Waals surface area contributed by atoms with E-state index in [0.717, 1.165) is 19.5 Å². The standard InChI is InChI=1S/C18H20N6O3/c1-10-8-20-5-4-11(10)23-18(26)13-7-12(14-3-2-6-27-14)22-17-15(16(19)25)21-9-24(13)17/h2-3,6-7,9-11,20H,4-5,8H2,1H3,(H2,19,25)(H,23,26). The zero-order chi connectivity index (χ0) is 19.0. The Morgan fingerprint density at radius 1 is 1.44 bits per heavy atom. The number of carbonyl (C=O) groups is 2. The van der Waals surface area contributed by atoms with Gasteiger partial charge in [0, 0.05) is 6.04 Å². The highest BCUT2D eigenvalue weighted by molar-refractivity contribution is 5.99. The normalized spacial score (nSPS) is 19.9. The van der Waals surface area contributed by atoms with Gasteiger partial charge in [-0.15, -0.1) is 0 Å². The number of aromatic nitrogens is 3. The van der Waals surface area contributed by atoms with Crippen LogP contribution in [0.25, 0.3) is 17.1 Å². The molecule has 0 spiro atoms. The average Bonchev–Trinajstić information content (AvgIpc) is 3.32. The van der Waals surface area contributed by atoms with E-state index in [4.69, 9.17) is 10.2 Å². The van der Waals surface area contributed by atoms with Crippen molar-refractivity contribution < 1.29 is 14.0 Å². The molecule has 0 radical (unpaired) electrons. The third kappa shape index (κ3) is 3.17. The molecule has 9 nitrogen and oxygen atoms in total. The number of fused-ring (bicyclic) bond motifs is 1. The van der Waals surface area contributed by atoms with Crippen molar-refractivity contribution in [3.05, 3.63) is 42.2 Å². The number of primary amides is 1. The molecular formula is C18H20N6O3. The van der Waals surface area contributed by atoms with Crippen molar-refractivity contribution in [1.82, 2.24) is 25.0 Å². The molecule has 0 aromatic carbocycles. The number of hydrogen-bond donors (Lipinski definition) is 3. The van der Waals surface area contributed by atoms with Gasteiger partial charge in [0.2, 0.25) is 0 Å². The van der Waals surface area contributed by atoms with Crippen molar-refractivity contribution in [3.8, 4) is 11.5 Å². The molecule has 4 N–H and O–H groups in total. The maximum Gasteiger partial charge on any atom is 0.271 e. The summed E-state index contributed by atoms with van der Waals surface area (Å²) in [5, 5.41) is 6.40. The molecule has 4 rings (SSSR count). The molecule has 1 saturated heterocycles. The summed E-state index contributed by atoms with van der Waals surface area (Å²) in [6.45, 7) is 3.80. The molecule has 0 bridgehead atoms. The van der Waals surface area contributed by atoms with E-state index in [9.17, 15) is 9.59 Å². The molecule has 0 saturated carbocycles. The Morgan fingerprint density at radius 3 is 3.00 bits per heavy atom. The van der Waals surface area contributed by atoms with Crippen molar-refractivity contribution in [2.75, 3.05) is 13.1 Å². The van der Waals surface area contributed by atoms with Crippen LogP contribution in [0.5, 0.6) is 0 Å². The van der Waals surface area contributed by atoms with Crippen LogP contribution in [0.2, 0.25) is 0 Å². The number of rotatable bonds is 4. The van der Waals surface area contributed by atoms with E-state index < -0.39 is 5.91 Å². The number of hydrogen-bond acceptors (Lipinski definition) is 6. The maximum absolute atomic E-state index is 13.0. The number of furan rings is 1. The molecule has 3 aromatic heterocycles. The second-order valence-corrected chi connectivity index (χ2v) is 6.70. The molecule has 3 aromatic rings. The number of piperidine rings is 1. The minimum atomic E-state index is -0.708. The predicted octanol–water partition coefficient (Wildman–Crippen LogP) is 0.816. The summed E-state index contributed by atoms with van der Waals surface area (Å²) in [5.41, 5.74) is 6.38. The minimum absolute atomic E-state index is 0.00712. The molecule has 1 aliphatic heterocycles. The summed E-state index contributed by atoms with van der Waals surface area (Å²) >= 11 is 0. The molecule has 27 heavy (non-hydrogen) atoms. The van der Waals surface area contributed by atoms with E-state index in [-0.39, 0.29) is 23.3 Å². The number of nitrogens with two attached hydrogens (primary N) is 1. The largest absolute Gasteiger partial charge is 0.463 e. The number of nitrogens with one attached hydrogen (secondary N) is 2. The first-order valence-electron chi connectivity index (χ1n) is 8.78. The lowest BCUT2D eigenvalue weighted by atomic mass is 9.95. The van der Waals surface area contributed by atoms with Crippen molar-refractivity contribution in [3.63, 3.8) is 0 Å². The topological polar surface area (TPSA) is 128 Å². The van der Waals surface area contributed by atoms with E-state index in [1.165, 1.54) is 17.0 Å². The molecule has 2 unspecified atom stereocenters. The van der Waals surface area contributed by atoms with Crippen LogP contribution in [-0.2, 0) is 0 Å². The zero-order valence-corrected chi connectivity index (χ0v) is 14.8. The van der Waals surface area contributed by atoms with E-state index in [1.54, 1.807) is 18.2 Å². The SMILES string of the molecule is CC1CNCCC1NC(=O)c1cc(-c2ccco2)nc2c(C(N)=O)ncn12. The second kappa shape index (κ2) is 6.84. The van der Waals surface area contributed by atoms with Crippen molar-refractivity contribution >= 4 is 17.5 Å². The van der Waals surface area contributed by atoms with E-state index >= 15 is 0 Å². The van der Waals surface area contributed by atoms with Crippen molar-refractivity contribution in [1.29, 1.82) is 0 Å². The van der Waals surface area contributed by atoms with Crippen LogP contribution in [0.3, 0.4) is 0 Å². The third-order valence-corrected chi connectivity index (χ3v) is 4.84. The first-order valence-corrected chi connectivity index (χ1v) is 8.78. The molecule has 4 heterocycles. The van der Waals surface area contributed by atoms with Gasteiger partial charge < -0.3 is 20.8 Å². The molecule has 0 aliphatic carbocycles. The number of imidazole rings is 1. The van der Waals surface area contributed by atoms with Crippen LogP contribution >= 0.6 is 0 Å². The lowest BCUT2D eigenvalue weighted by Gasteiger charge is -2.30. The monoisotopic (exact) mass is 368 g/mol. The Bertz CT molecular complexity index is 994. The Hall–Kier alpha value is -3.20. The fourth-order valence-corrected chi connectivity index (χ4v) is 3.34. The van der Waals surface area contributed by atoms with E-state index in [0.29, 0.717) is 23.1 Å². The highest BCUT2D eigenvalue weighted by Crippen LogP contribution is 2.22. The second-order valence-electron chi connectivity index (χ2n) is 6.70. The van der Waals surface area contributed by atoms with E-state index in [1.807, 2.05) is 0 Å². The fourth-order valence-electron chi connectivity index (χ4n) is 3.34. The molecule has 140 valence electrons. The summed E-state index contributed by atoms with van der Waals surface area (Å²) in [5.74, 6) is -0.172. The van der Waals surface area contributed by atoms with Crippen molar-refractivity contribution in [2.24, 2.45) is 11.7 Å². The van der Waals surface area contributed by atoms with Gasteiger partial charge in [-0.3, -0.25) is 14.0 Å². The minimum Gasteiger partial charge on any atom is -0.463 e. The summed E-state index contributed by atoms with van der Waals surface area (Å²) in [6, 6.07) is 5.14. The fraction of sp³-hybridized carbons (Fsp3) is 0.333.